The van der Waals surface area contributed by atoms with E-state index in [-0.39, 0.29) is 17.9 Å². The van der Waals surface area contributed by atoms with E-state index < -0.39 is 5.41 Å². The molecule has 2 bridgehead atoms. The Labute approximate surface area is 166 Å². The molecular formula is C24H28O4. The summed E-state index contributed by atoms with van der Waals surface area (Å²) in [7, 11) is 0. The number of unbranched alkanes of at least 4 members (excludes halogenated alkanes) is 2. The largest absolute Gasteiger partial charge is 0.427 e. The van der Waals surface area contributed by atoms with E-state index in [2.05, 4.69) is 32.1 Å². The number of allylic oxidation sites excluding steroid dienone is 5. The van der Waals surface area contributed by atoms with Crippen LogP contribution in [0.1, 0.15) is 65.2 Å². The second kappa shape index (κ2) is 6.47. The fourth-order valence-corrected chi connectivity index (χ4v) is 6.29. The summed E-state index contributed by atoms with van der Waals surface area (Å²) in [6.07, 6.45) is 14.1. The van der Waals surface area contributed by atoms with E-state index in [4.69, 9.17) is 9.47 Å². The van der Waals surface area contributed by atoms with Gasteiger partial charge in [-0.25, -0.2) is 9.59 Å². The molecule has 2 aliphatic heterocycles. The van der Waals surface area contributed by atoms with Crippen molar-refractivity contribution in [1.82, 2.24) is 0 Å². The van der Waals surface area contributed by atoms with Gasteiger partial charge in [-0.05, 0) is 62.5 Å². The lowest BCUT2D eigenvalue weighted by molar-refractivity contribution is -0.135. The third kappa shape index (κ3) is 2.23. The molecule has 0 aromatic rings. The highest BCUT2D eigenvalue weighted by atomic mass is 16.5. The lowest BCUT2D eigenvalue weighted by atomic mass is 9.47. The van der Waals surface area contributed by atoms with Gasteiger partial charge < -0.3 is 9.47 Å². The highest BCUT2D eigenvalue weighted by Gasteiger charge is 2.66. The molecule has 148 valence electrons. The first-order valence-electron chi connectivity index (χ1n) is 10.9. The fourth-order valence-electron chi connectivity index (χ4n) is 6.29. The number of hydrogen-bond donors (Lipinski definition) is 0. The van der Waals surface area contributed by atoms with Gasteiger partial charge in [-0.2, -0.15) is 0 Å². The topological polar surface area (TPSA) is 52.6 Å². The Balaban J connectivity index is 1.68. The van der Waals surface area contributed by atoms with E-state index in [9.17, 15) is 9.59 Å². The maximum absolute atomic E-state index is 13.0. The van der Waals surface area contributed by atoms with Crippen molar-refractivity contribution in [3.8, 4) is 0 Å². The van der Waals surface area contributed by atoms with Crippen LogP contribution < -0.4 is 0 Å². The first kappa shape index (κ1) is 18.0. The molecule has 28 heavy (non-hydrogen) atoms. The van der Waals surface area contributed by atoms with Crippen LogP contribution in [-0.2, 0) is 19.1 Å². The maximum atomic E-state index is 13.0. The van der Waals surface area contributed by atoms with Crippen molar-refractivity contribution in [2.75, 3.05) is 0 Å². The smallest absolute Gasteiger partial charge is 0.340 e. The minimum absolute atomic E-state index is 0.0181. The average molecular weight is 380 g/mol. The van der Waals surface area contributed by atoms with Crippen molar-refractivity contribution in [1.29, 1.82) is 0 Å². The molecule has 0 N–H and O–H groups in total. The van der Waals surface area contributed by atoms with Crippen molar-refractivity contribution in [2.24, 2.45) is 23.2 Å². The molecule has 6 rings (SSSR count). The van der Waals surface area contributed by atoms with Gasteiger partial charge in [0, 0.05) is 22.6 Å². The van der Waals surface area contributed by atoms with Crippen LogP contribution in [-0.4, -0.2) is 11.9 Å². The SMILES string of the molecule is CCC/C=C1\OC(=O)C2=C1CC[C@@H]1C2[C@@]23CC[C@@H]1C=C2C(=O)O/C3=C\CCC. The fraction of sp³-hybridized carbons (Fsp3) is 0.583. The van der Waals surface area contributed by atoms with E-state index in [1.165, 1.54) is 0 Å². The number of rotatable bonds is 4. The normalized spacial score (nSPS) is 38.4. The summed E-state index contributed by atoms with van der Waals surface area (Å²) in [6.45, 7) is 4.26. The summed E-state index contributed by atoms with van der Waals surface area (Å²) < 4.78 is 11.6. The van der Waals surface area contributed by atoms with Gasteiger partial charge in [0.2, 0.25) is 0 Å². The average Bonchev–Trinajstić information content (AvgIpc) is 3.19. The number of cyclic esters (lactones) is 2. The Kier molecular flexibility index (Phi) is 4.15. The van der Waals surface area contributed by atoms with E-state index in [0.29, 0.717) is 11.8 Å². The van der Waals surface area contributed by atoms with Crippen molar-refractivity contribution >= 4 is 11.9 Å². The van der Waals surface area contributed by atoms with Crippen LogP contribution in [0, 0.1) is 23.2 Å². The molecule has 4 atom stereocenters. The summed E-state index contributed by atoms with van der Waals surface area (Å²) in [6, 6.07) is 0. The molecule has 2 heterocycles. The third-order valence-electron chi connectivity index (χ3n) is 7.43. The van der Waals surface area contributed by atoms with Gasteiger partial charge >= 0.3 is 11.9 Å². The van der Waals surface area contributed by atoms with Gasteiger partial charge in [-0.15, -0.1) is 0 Å². The minimum Gasteiger partial charge on any atom is -0.427 e. The zero-order valence-corrected chi connectivity index (χ0v) is 16.8. The standard InChI is InChI=1S/C24H28O4/c1-3-5-7-18-16-10-9-15-14-11-12-24(21(15)20(16)23(26)27-18)17(13-14)22(25)28-19(24)8-6-4-2/h7-8,13-15,21H,3-6,9-12H2,1-2H3/b18-7-,19-8-/t14-,15+,21?,24+/m1/s1. The van der Waals surface area contributed by atoms with Crippen LogP contribution in [0.5, 0.6) is 0 Å². The van der Waals surface area contributed by atoms with E-state index in [0.717, 1.165) is 79.6 Å². The van der Waals surface area contributed by atoms with Crippen molar-refractivity contribution in [3.63, 3.8) is 0 Å². The molecule has 4 nitrogen and oxygen atoms in total. The number of hydrogen-bond acceptors (Lipinski definition) is 4. The lowest BCUT2D eigenvalue weighted by Crippen LogP contribution is -2.50. The predicted molar refractivity (Wildman–Crippen MR) is 105 cm³/mol. The molecule has 2 fully saturated rings. The number of ether oxygens (including phenoxy) is 2. The molecule has 0 radical (unpaired) electrons. The molecule has 4 heteroatoms. The highest BCUT2D eigenvalue weighted by Crippen LogP contribution is 2.68. The van der Waals surface area contributed by atoms with Gasteiger partial charge in [0.1, 0.15) is 11.5 Å². The molecule has 1 saturated heterocycles. The lowest BCUT2D eigenvalue weighted by Gasteiger charge is -2.54. The molecule has 0 aromatic heterocycles. The summed E-state index contributed by atoms with van der Waals surface area (Å²) in [5.74, 6) is 1.96. The summed E-state index contributed by atoms with van der Waals surface area (Å²) in [5, 5.41) is 0. The highest BCUT2D eigenvalue weighted by molar-refractivity contribution is 5.99. The van der Waals surface area contributed by atoms with Gasteiger partial charge in [-0.3, -0.25) is 0 Å². The van der Waals surface area contributed by atoms with E-state index in [1.807, 2.05) is 0 Å². The Morgan fingerprint density at radius 2 is 1.86 bits per heavy atom. The molecule has 0 amide bonds. The maximum Gasteiger partial charge on any atom is 0.340 e. The Hall–Kier alpha value is -2.10. The third-order valence-corrected chi connectivity index (χ3v) is 7.43. The van der Waals surface area contributed by atoms with Crippen LogP contribution in [0.2, 0.25) is 0 Å². The molecule has 1 spiro atoms. The number of esters is 2. The Morgan fingerprint density at radius 3 is 2.64 bits per heavy atom. The van der Waals surface area contributed by atoms with Crippen LogP contribution in [0.25, 0.3) is 0 Å². The first-order chi connectivity index (χ1) is 13.6. The van der Waals surface area contributed by atoms with Gasteiger partial charge in [0.15, 0.2) is 0 Å². The quantitative estimate of drug-likeness (QED) is 0.635. The summed E-state index contributed by atoms with van der Waals surface area (Å²) >= 11 is 0. The first-order valence-corrected chi connectivity index (χ1v) is 10.9. The van der Waals surface area contributed by atoms with Crippen molar-refractivity contribution in [3.05, 3.63) is 46.5 Å². The molecule has 1 unspecified atom stereocenters. The summed E-state index contributed by atoms with van der Waals surface area (Å²) in [5.41, 5.74) is 2.29. The molecule has 1 saturated carbocycles. The van der Waals surface area contributed by atoms with Crippen molar-refractivity contribution < 1.29 is 19.1 Å². The second-order valence-corrected chi connectivity index (χ2v) is 8.82. The number of carbonyl (C=O) groups is 2. The predicted octanol–water partition coefficient (Wildman–Crippen LogP) is 5.13. The zero-order valence-electron chi connectivity index (χ0n) is 16.8. The molecule has 4 aliphatic carbocycles. The summed E-state index contributed by atoms with van der Waals surface area (Å²) in [4.78, 5) is 25.8. The van der Waals surface area contributed by atoms with Crippen LogP contribution in [0.3, 0.4) is 0 Å². The number of fused-ring (bicyclic) bond motifs is 1. The molecular weight excluding hydrogens is 352 g/mol. The zero-order chi connectivity index (χ0) is 19.5. The Bertz CT molecular complexity index is 871. The number of carbonyl (C=O) groups excluding carboxylic acids is 2. The monoisotopic (exact) mass is 380 g/mol. The van der Waals surface area contributed by atoms with Crippen LogP contribution >= 0.6 is 0 Å². The van der Waals surface area contributed by atoms with E-state index in [1.54, 1.807) is 0 Å². The molecule has 6 aliphatic rings. The van der Waals surface area contributed by atoms with Gasteiger partial charge in [-0.1, -0.05) is 32.8 Å². The Morgan fingerprint density at radius 1 is 1.07 bits per heavy atom. The van der Waals surface area contributed by atoms with Crippen molar-refractivity contribution in [2.45, 2.75) is 65.2 Å². The van der Waals surface area contributed by atoms with Crippen LogP contribution in [0.4, 0.5) is 0 Å². The van der Waals surface area contributed by atoms with E-state index >= 15 is 0 Å². The van der Waals surface area contributed by atoms with Gasteiger partial charge in [0.25, 0.3) is 0 Å². The van der Waals surface area contributed by atoms with Crippen LogP contribution in [0.15, 0.2) is 46.5 Å². The van der Waals surface area contributed by atoms with Gasteiger partial charge in [0.05, 0.1) is 5.41 Å². The molecule has 0 aromatic carbocycles. The minimum atomic E-state index is -0.452. The second-order valence-electron chi connectivity index (χ2n) is 8.82.